The lowest BCUT2D eigenvalue weighted by molar-refractivity contribution is -0.139. The molecule has 0 spiro atoms. The van der Waals surface area contributed by atoms with Crippen LogP contribution >= 0.6 is 0 Å². The Labute approximate surface area is 190 Å². The number of aromatic nitrogens is 1. The summed E-state index contributed by atoms with van der Waals surface area (Å²) in [5.74, 6) is -1.22. The van der Waals surface area contributed by atoms with E-state index in [1.165, 1.54) is 0 Å². The van der Waals surface area contributed by atoms with Gasteiger partial charge >= 0.3 is 12.1 Å². The fourth-order valence-corrected chi connectivity index (χ4v) is 4.45. The number of carboxylic acid groups (broad SMARTS) is 1. The number of pyridine rings is 1. The molecule has 1 heterocycles. The molecule has 0 saturated carbocycles. The monoisotopic (exact) mass is 438 g/mol. The van der Waals surface area contributed by atoms with Crippen LogP contribution < -0.4 is 5.32 Å². The van der Waals surface area contributed by atoms with Gasteiger partial charge in [-0.25, -0.2) is 9.59 Å². The second-order valence-corrected chi connectivity index (χ2v) is 8.10. The third-order valence-corrected chi connectivity index (χ3v) is 6.02. The minimum absolute atomic E-state index is 0.0869. The molecule has 2 N–H and O–H groups in total. The number of hydrogen-bond donors (Lipinski definition) is 2. The maximum atomic E-state index is 12.5. The lowest BCUT2D eigenvalue weighted by Crippen LogP contribution is -2.42. The molecule has 5 rings (SSSR count). The topological polar surface area (TPSA) is 88.5 Å². The molecule has 0 aliphatic heterocycles. The Hall–Kier alpha value is -4.19. The van der Waals surface area contributed by atoms with Crippen molar-refractivity contribution in [2.75, 3.05) is 6.61 Å². The maximum Gasteiger partial charge on any atom is 0.407 e. The number of rotatable bonds is 6. The molecule has 3 aromatic carbocycles. The standard InChI is InChI=1S/C27H22N2O4/c30-26(31)25(14-17-13-18-7-1-6-12-24(18)28-15-17)29-27(32)33-16-23-21-10-4-2-8-19(21)20-9-3-5-11-22(20)23/h1-13,15,23,25H,14,16H2,(H,29,32)(H,30,31). The van der Waals surface area contributed by atoms with Crippen LogP contribution in [0.2, 0.25) is 0 Å². The van der Waals surface area contributed by atoms with E-state index >= 15 is 0 Å². The molecule has 1 amide bonds. The van der Waals surface area contributed by atoms with Crippen LogP contribution in [0.5, 0.6) is 0 Å². The Morgan fingerprint density at radius 3 is 2.27 bits per heavy atom. The van der Waals surface area contributed by atoms with E-state index in [2.05, 4.69) is 22.4 Å². The molecule has 0 bridgehead atoms. The smallest absolute Gasteiger partial charge is 0.407 e. The van der Waals surface area contributed by atoms with Crippen LogP contribution in [0.1, 0.15) is 22.6 Å². The Morgan fingerprint density at radius 2 is 1.58 bits per heavy atom. The van der Waals surface area contributed by atoms with Crippen LogP contribution in [0, 0.1) is 0 Å². The largest absolute Gasteiger partial charge is 0.480 e. The highest BCUT2D eigenvalue weighted by atomic mass is 16.5. The average molecular weight is 438 g/mol. The number of carbonyl (C=O) groups is 2. The molecule has 6 nitrogen and oxygen atoms in total. The number of para-hydroxylation sites is 1. The van der Waals surface area contributed by atoms with E-state index in [-0.39, 0.29) is 18.9 Å². The molecule has 6 heteroatoms. The van der Waals surface area contributed by atoms with Crippen molar-refractivity contribution in [1.82, 2.24) is 10.3 Å². The Morgan fingerprint density at radius 1 is 0.939 bits per heavy atom. The molecule has 1 unspecified atom stereocenters. The molecule has 1 aliphatic rings. The molecular weight excluding hydrogens is 416 g/mol. The van der Waals surface area contributed by atoms with Crippen LogP contribution in [0.3, 0.4) is 0 Å². The van der Waals surface area contributed by atoms with Crippen LogP contribution in [0.25, 0.3) is 22.0 Å². The summed E-state index contributed by atoms with van der Waals surface area (Å²) in [7, 11) is 0. The van der Waals surface area contributed by atoms with E-state index < -0.39 is 18.1 Å². The summed E-state index contributed by atoms with van der Waals surface area (Å²) < 4.78 is 5.50. The average Bonchev–Trinajstić information content (AvgIpc) is 3.16. The van der Waals surface area contributed by atoms with E-state index in [1.807, 2.05) is 66.7 Å². The molecule has 1 aromatic heterocycles. The van der Waals surface area contributed by atoms with Crippen LogP contribution in [-0.2, 0) is 16.0 Å². The highest BCUT2D eigenvalue weighted by Gasteiger charge is 2.29. The molecule has 0 radical (unpaired) electrons. The van der Waals surface area contributed by atoms with Crippen molar-refractivity contribution in [2.24, 2.45) is 0 Å². The van der Waals surface area contributed by atoms with Crippen molar-refractivity contribution < 1.29 is 19.4 Å². The first-order valence-electron chi connectivity index (χ1n) is 10.8. The van der Waals surface area contributed by atoms with Crippen molar-refractivity contribution in [1.29, 1.82) is 0 Å². The number of amides is 1. The summed E-state index contributed by atoms with van der Waals surface area (Å²) in [6.45, 7) is 0.129. The van der Waals surface area contributed by atoms with Crippen molar-refractivity contribution in [2.45, 2.75) is 18.4 Å². The summed E-state index contributed by atoms with van der Waals surface area (Å²) in [6, 6.07) is 24.5. The predicted octanol–water partition coefficient (Wildman–Crippen LogP) is 4.77. The van der Waals surface area contributed by atoms with Gasteiger partial charge in [-0.2, -0.15) is 0 Å². The molecule has 1 atom stereocenters. The zero-order valence-corrected chi connectivity index (χ0v) is 17.8. The number of carboxylic acids is 1. The SMILES string of the molecule is O=C(NC(Cc1cnc2ccccc2c1)C(=O)O)OCC1c2ccccc2-c2ccccc21. The van der Waals surface area contributed by atoms with Crippen molar-refractivity contribution in [3.8, 4) is 11.1 Å². The Kier molecular flexibility index (Phi) is 5.48. The van der Waals surface area contributed by atoms with Gasteiger partial charge in [0.1, 0.15) is 12.6 Å². The van der Waals surface area contributed by atoms with E-state index in [0.717, 1.165) is 38.7 Å². The lowest BCUT2D eigenvalue weighted by Gasteiger charge is -2.17. The Bertz CT molecular complexity index is 1310. The van der Waals surface area contributed by atoms with Gasteiger partial charge in [0.25, 0.3) is 0 Å². The van der Waals surface area contributed by atoms with E-state index in [4.69, 9.17) is 4.74 Å². The Balaban J connectivity index is 1.27. The van der Waals surface area contributed by atoms with Crippen LogP contribution in [-0.4, -0.2) is 34.8 Å². The van der Waals surface area contributed by atoms with Crippen molar-refractivity contribution >= 4 is 23.0 Å². The summed E-state index contributed by atoms with van der Waals surface area (Å²) >= 11 is 0. The summed E-state index contributed by atoms with van der Waals surface area (Å²) in [5.41, 5.74) is 6.02. The van der Waals surface area contributed by atoms with E-state index in [1.54, 1.807) is 6.20 Å². The summed E-state index contributed by atoms with van der Waals surface area (Å²) in [6.07, 6.45) is 0.993. The van der Waals surface area contributed by atoms with Crippen molar-refractivity contribution in [3.63, 3.8) is 0 Å². The summed E-state index contributed by atoms with van der Waals surface area (Å²) in [4.78, 5) is 28.7. The zero-order valence-electron chi connectivity index (χ0n) is 17.8. The first-order chi connectivity index (χ1) is 16.1. The van der Waals surface area contributed by atoms with E-state index in [0.29, 0.717) is 0 Å². The number of benzene rings is 3. The number of hydrogen-bond acceptors (Lipinski definition) is 4. The predicted molar refractivity (Wildman–Crippen MR) is 125 cm³/mol. The highest BCUT2D eigenvalue weighted by molar-refractivity contribution is 5.82. The third kappa shape index (κ3) is 4.15. The lowest BCUT2D eigenvalue weighted by atomic mass is 9.98. The number of ether oxygens (including phenoxy) is 1. The molecule has 33 heavy (non-hydrogen) atoms. The molecule has 1 aliphatic carbocycles. The normalized spacial score (nSPS) is 13.2. The quantitative estimate of drug-likeness (QED) is 0.453. The van der Waals surface area contributed by atoms with Crippen LogP contribution in [0.15, 0.2) is 85.1 Å². The second kappa shape index (κ2) is 8.74. The fraction of sp³-hybridized carbons (Fsp3) is 0.148. The molecule has 0 saturated heterocycles. The van der Waals surface area contributed by atoms with Gasteiger partial charge < -0.3 is 15.2 Å². The van der Waals surface area contributed by atoms with Gasteiger partial charge in [0.05, 0.1) is 5.52 Å². The maximum absolute atomic E-state index is 12.5. The number of aliphatic carboxylic acids is 1. The second-order valence-electron chi connectivity index (χ2n) is 8.10. The fourth-order valence-electron chi connectivity index (χ4n) is 4.45. The van der Waals surface area contributed by atoms with Gasteiger partial charge in [-0.15, -0.1) is 0 Å². The molecule has 0 fully saturated rings. The number of carbonyl (C=O) groups excluding carboxylic acids is 1. The minimum Gasteiger partial charge on any atom is -0.480 e. The van der Waals surface area contributed by atoms with Gasteiger partial charge in [0, 0.05) is 23.9 Å². The number of fused-ring (bicyclic) bond motifs is 4. The van der Waals surface area contributed by atoms with Gasteiger partial charge in [0.15, 0.2) is 0 Å². The van der Waals surface area contributed by atoms with Gasteiger partial charge in [-0.1, -0.05) is 66.7 Å². The zero-order chi connectivity index (χ0) is 22.8. The first-order valence-corrected chi connectivity index (χ1v) is 10.8. The first kappa shape index (κ1) is 20.7. The molecule has 4 aromatic rings. The molecular formula is C27H22N2O4. The highest BCUT2D eigenvalue weighted by Crippen LogP contribution is 2.44. The third-order valence-electron chi connectivity index (χ3n) is 6.02. The number of alkyl carbamates (subject to hydrolysis) is 1. The van der Waals surface area contributed by atoms with Gasteiger partial charge in [-0.05, 0) is 39.9 Å². The van der Waals surface area contributed by atoms with Crippen molar-refractivity contribution in [3.05, 3.63) is 102 Å². The minimum atomic E-state index is -1.13. The molecule has 164 valence electrons. The number of nitrogens with one attached hydrogen (secondary N) is 1. The van der Waals surface area contributed by atoms with Gasteiger partial charge in [-0.3, -0.25) is 4.98 Å². The van der Waals surface area contributed by atoms with Crippen LogP contribution in [0.4, 0.5) is 4.79 Å². The van der Waals surface area contributed by atoms with Gasteiger partial charge in [0.2, 0.25) is 0 Å². The number of nitrogens with zero attached hydrogens (tertiary/aromatic N) is 1. The summed E-state index contributed by atoms with van der Waals surface area (Å²) in [5, 5.41) is 13.1. The van der Waals surface area contributed by atoms with E-state index in [9.17, 15) is 14.7 Å².